The topological polar surface area (TPSA) is 40.5 Å². The highest BCUT2D eigenvalue weighted by molar-refractivity contribution is 5.93. The van der Waals surface area contributed by atoms with Gasteiger partial charge in [-0.3, -0.25) is 0 Å². The smallest absolute Gasteiger partial charge is 0.109 e. The summed E-state index contributed by atoms with van der Waals surface area (Å²) < 4.78 is 0. The van der Waals surface area contributed by atoms with Gasteiger partial charge >= 0.3 is 0 Å². The summed E-state index contributed by atoms with van der Waals surface area (Å²) in [6, 6.07) is 7.92. The Morgan fingerprint density at radius 2 is 1.81 bits per heavy atom. The predicted octanol–water partition coefficient (Wildman–Crippen LogP) is 3.58. The molecule has 0 aliphatic heterocycles. The zero-order valence-corrected chi connectivity index (χ0v) is 12.5. The van der Waals surface area contributed by atoms with Gasteiger partial charge in [0.15, 0.2) is 0 Å². The molecular weight excluding hydrogens is 260 g/mol. The molecule has 0 heterocycles. The summed E-state index contributed by atoms with van der Waals surface area (Å²) in [5, 5.41) is 23.0. The average molecular weight is 280 g/mol. The van der Waals surface area contributed by atoms with Crippen molar-refractivity contribution in [2.75, 3.05) is 0 Å². The zero-order valence-electron chi connectivity index (χ0n) is 12.5. The lowest BCUT2D eigenvalue weighted by molar-refractivity contribution is 0.420. The monoisotopic (exact) mass is 280 g/mol. The van der Waals surface area contributed by atoms with Crippen molar-refractivity contribution < 1.29 is 10.2 Å². The first-order valence-electron chi connectivity index (χ1n) is 6.95. The molecule has 2 N–H and O–H groups in total. The molecule has 2 rings (SSSR count). The zero-order chi connectivity index (χ0) is 15.6. The first kappa shape index (κ1) is 14.9. The average Bonchev–Trinajstić information content (AvgIpc) is 2.43. The minimum atomic E-state index is 0.00809. The lowest BCUT2D eigenvalue weighted by atomic mass is 9.93. The molecule has 0 unspecified atom stereocenters. The van der Waals surface area contributed by atoms with Gasteiger partial charge in [0.2, 0.25) is 0 Å². The van der Waals surface area contributed by atoms with Gasteiger partial charge in [0.25, 0.3) is 0 Å². The lowest BCUT2D eigenvalue weighted by Crippen LogP contribution is -2.29. The number of benzene rings is 2. The van der Waals surface area contributed by atoms with Crippen LogP contribution in [0, 0.1) is 0 Å². The molecule has 0 spiro atoms. The van der Waals surface area contributed by atoms with Crippen LogP contribution in [-0.2, 0) is 6.42 Å². The SMILES string of the molecule is C=C(O)/C=c1\c(=C)c(CC)c(/C=C(\C)O)c2ccccc12. The quantitative estimate of drug-likeness (QED) is 0.844. The first-order chi connectivity index (χ1) is 9.95. The van der Waals surface area contributed by atoms with Crippen molar-refractivity contribution >= 4 is 29.5 Å². The minimum Gasteiger partial charge on any atom is -0.513 e. The number of fused-ring (bicyclic) bond motifs is 1. The second-order valence-electron chi connectivity index (χ2n) is 5.10. The van der Waals surface area contributed by atoms with Crippen LogP contribution in [-0.4, -0.2) is 10.2 Å². The second-order valence-corrected chi connectivity index (χ2v) is 5.10. The molecule has 2 aromatic carbocycles. The van der Waals surface area contributed by atoms with E-state index in [1.807, 2.05) is 24.3 Å². The van der Waals surface area contributed by atoms with Gasteiger partial charge in [-0.05, 0) is 57.8 Å². The largest absolute Gasteiger partial charge is 0.513 e. The second kappa shape index (κ2) is 5.88. The molecule has 2 nitrogen and oxygen atoms in total. The van der Waals surface area contributed by atoms with E-state index in [1.54, 1.807) is 19.1 Å². The van der Waals surface area contributed by atoms with Crippen molar-refractivity contribution in [1.82, 2.24) is 0 Å². The summed E-state index contributed by atoms with van der Waals surface area (Å²) in [4.78, 5) is 0. The van der Waals surface area contributed by atoms with Crippen LogP contribution in [0.25, 0.3) is 29.5 Å². The Morgan fingerprint density at radius 1 is 1.19 bits per heavy atom. The van der Waals surface area contributed by atoms with Crippen LogP contribution in [0.5, 0.6) is 0 Å². The third-order valence-electron chi connectivity index (χ3n) is 3.54. The maximum absolute atomic E-state index is 9.67. The van der Waals surface area contributed by atoms with Crippen molar-refractivity contribution in [1.29, 1.82) is 0 Å². The Bertz CT molecular complexity index is 838. The van der Waals surface area contributed by atoms with Gasteiger partial charge in [-0.2, -0.15) is 0 Å². The molecule has 0 aliphatic rings. The number of hydrogen-bond acceptors (Lipinski definition) is 2. The molecule has 0 aliphatic carbocycles. The number of aliphatic hydroxyl groups excluding tert-OH is 2. The van der Waals surface area contributed by atoms with E-state index in [1.165, 1.54) is 0 Å². The third kappa shape index (κ3) is 2.84. The molecule has 0 aromatic heterocycles. The molecular formula is C19H20O2. The van der Waals surface area contributed by atoms with E-state index < -0.39 is 0 Å². The summed E-state index contributed by atoms with van der Waals surface area (Å²) in [6.45, 7) is 11.4. The highest BCUT2D eigenvalue weighted by Crippen LogP contribution is 2.20. The van der Waals surface area contributed by atoms with Crippen LogP contribution in [0.1, 0.15) is 25.0 Å². The molecule has 21 heavy (non-hydrogen) atoms. The molecule has 0 saturated heterocycles. The van der Waals surface area contributed by atoms with E-state index in [0.717, 1.165) is 38.8 Å². The molecule has 2 heteroatoms. The Labute approximate surface area is 124 Å². The van der Waals surface area contributed by atoms with E-state index in [9.17, 15) is 10.2 Å². The molecule has 0 saturated carbocycles. The standard InChI is InChI=1S/C19H20O2/c1-5-15-14(4)18(10-12(2)20)16-8-6-7-9-17(16)19(15)11-13(3)21/h6-11,20-21H,2,4-5H2,1,3H3/b13-11+,18-10+. The fourth-order valence-corrected chi connectivity index (χ4v) is 2.71. The van der Waals surface area contributed by atoms with Crippen LogP contribution in [0.2, 0.25) is 0 Å². The normalized spacial score (nSPS) is 12.9. The van der Waals surface area contributed by atoms with E-state index in [0.29, 0.717) is 0 Å². The van der Waals surface area contributed by atoms with E-state index in [2.05, 4.69) is 20.1 Å². The minimum absolute atomic E-state index is 0.00809. The van der Waals surface area contributed by atoms with Gasteiger partial charge in [-0.15, -0.1) is 0 Å². The molecule has 0 radical (unpaired) electrons. The van der Waals surface area contributed by atoms with Gasteiger partial charge in [0, 0.05) is 0 Å². The van der Waals surface area contributed by atoms with Crippen LogP contribution in [0.4, 0.5) is 0 Å². The van der Waals surface area contributed by atoms with Gasteiger partial charge < -0.3 is 10.2 Å². The molecule has 0 fully saturated rings. The summed E-state index contributed by atoms with van der Waals surface area (Å²) in [5.41, 5.74) is 2.05. The summed E-state index contributed by atoms with van der Waals surface area (Å²) in [5.74, 6) is 0.270. The van der Waals surface area contributed by atoms with Crippen LogP contribution in [0.15, 0.2) is 42.4 Å². The Balaban J connectivity index is 3.11. The molecule has 0 bridgehead atoms. The predicted molar refractivity (Wildman–Crippen MR) is 90.6 cm³/mol. The fraction of sp³-hybridized carbons (Fsp3) is 0.158. The lowest BCUT2D eigenvalue weighted by Gasteiger charge is -2.12. The van der Waals surface area contributed by atoms with E-state index >= 15 is 0 Å². The number of rotatable bonds is 3. The van der Waals surface area contributed by atoms with Crippen molar-refractivity contribution in [3.63, 3.8) is 0 Å². The maximum atomic E-state index is 9.67. The van der Waals surface area contributed by atoms with E-state index in [4.69, 9.17) is 0 Å². The number of aliphatic hydroxyl groups is 2. The number of hydrogen-bond donors (Lipinski definition) is 2. The van der Waals surface area contributed by atoms with Crippen molar-refractivity contribution in [2.24, 2.45) is 0 Å². The highest BCUT2D eigenvalue weighted by atomic mass is 16.3. The maximum Gasteiger partial charge on any atom is 0.109 e. The summed E-state index contributed by atoms with van der Waals surface area (Å²) in [6.07, 6.45) is 4.21. The van der Waals surface area contributed by atoms with Crippen molar-refractivity contribution in [3.8, 4) is 0 Å². The van der Waals surface area contributed by atoms with Gasteiger partial charge in [-0.1, -0.05) is 44.3 Å². The third-order valence-corrected chi connectivity index (χ3v) is 3.54. The van der Waals surface area contributed by atoms with Crippen LogP contribution >= 0.6 is 0 Å². The molecule has 0 atom stereocenters. The van der Waals surface area contributed by atoms with Gasteiger partial charge in [-0.25, -0.2) is 0 Å². The van der Waals surface area contributed by atoms with Crippen molar-refractivity contribution in [3.05, 3.63) is 63.9 Å². The summed E-state index contributed by atoms with van der Waals surface area (Å²) in [7, 11) is 0. The van der Waals surface area contributed by atoms with Crippen molar-refractivity contribution in [2.45, 2.75) is 20.3 Å². The Hall–Kier alpha value is -2.48. The van der Waals surface area contributed by atoms with Gasteiger partial charge in [0.05, 0.1) is 5.76 Å². The Kier molecular flexibility index (Phi) is 4.18. The Morgan fingerprint density at radius 3 is 2.33 bits per heavy atom. The summed E-state index contributed by atoms with van der Waals surface area (Å²) >= 11 is 0. The van der Waals surface area contributed by atoms with Crippen LogP contribution < -0.4 is 10.4 Å². The number of allylic oxidation sites excluding steroid dienone is 2. The molecule has 108 valence electrons. The van der Waals surface area contributed by atoms with Crippen LogP contribution in [0.3, 0.4) is 0 Å². The fourth-order valence-electron chi connectivity index (χ4n) is 2.71. The van der Waals surface area contributed by atoms with E-state index in [-0.39, 0.29) is 11.5 Å². The molecule has 2 aromatic rings. The van der Waals surface area contributed by atoms with Gasteiger partial charge in [0.1, 0.15) is 5.76 Å². The molecule has 0 amide bonds. The highest BCUT2D eigenvalue weighted by Gasteiger charge is 2.09. The first-order valence-corrected chi connectivity index (χ1v) is 6.95.